The van der Waals surface area contributed by atoms with Crippen LogP contribution in [0.2, 0.25) is 0 Å². The van der Waals surface area contributed by atoms with Crippen molar-refractivity contribution in [3.63, 3.8) is 0 Å². The molecule has 0 aliphatic rings. The summed E-state index contributed by atoms with van der Waals surface area (Å²) in [5.74, 6) is -1.26. The highest BCUT2D eigenvalue weighted by Gasteiger charge is 2.24. The number of anilines is 1. The maximum atomic E-state index is 12.3. The zero-order valence-electron chi connectivity index (χ0n) is 11.9. The molecule has 5 heteroatoms. The van der Waals surface area contributed by atoms with Crippen LogP contribution in [-0.2, 0) is 4.79 Å². The Hall–Kier alpha value is -2.71. The van der Waals surface area contributed by atoms with Gasteiger partial charge in [-0.3, -0.25) is 4.79 Å². The van der Waals surface area contributed by atoms with E-state index in [2.05, 4.69) is 10.3 Å². The lowest BCUT2D eigenvalue weighted by Crippen LogP contribution is -2.19. The second-order valence-corrected chi connectivity index (χ2v) is 6.00. The normalized spacial score (nSPS) is 11.8. The fraction of sp³-hybridized carbons (Fsp3) is 0.118. The van der Waals surface area contributed by atoms with E-state index in [4.69, 9.17) is 0 Å². The summed E-state index contributed by atoms with van der Waals surface area (Å²) in [5, 5.41) is 12.6. The number of benzene rings is 2. The second-order valence-electron chi connectivity index (χ2n) is 4.94. The number of fused-ring (bicyclic) bond motifs is 1. The molecular formula is C17H13N3OS. The highest BCUT2D eigenvalue weighted by Crippen LogP contribution is 2.28. The molecule has 3 rings (SSSR count). The van der Waals surface area contributed by atoms with E-state index in [0.717, 1.165) is 15.8 Å². The van der Waals surface area contributed by atoms with Gasteiger partial charge in [0.25, 0.3) is 0 Å². The summed E-state index contributed by atoms with van der Waals surface area (Å²) in [6.07, 6.45) is 0. The Balaban J connectivity index is 1.85. The van der Waals surface area contributed by atoms with Crippen LogP contribution in [0.5, 0.6) is 0 Å². The van der Waals surface area contributed by atoms with E-state index < -0.39 is 5.92 Å². The number of amides is 1. The summed E-state index contributed by atoms with van der Waals surface area (Å²) in [6, 6.07) is 17.1. The first-order valence-corrected chi connectivity index (χ1v) is 7.61. The van der Waals surface area contributed by atoms with Gasteiger partial charge in [-0.1, -0.05) is 29.8 Å². The molecule has 1 aromatic heterocycles. The number of carbonyl (C=O) groups is 1. The van der Waals surface area contributed by atoms with E-state index >= 15 is 0 Å². The molecular weight excluding hydrogens is 294 g/mol. The number of nitriles is 1. The fourth-order valence-electron chi connectivity index (χ4n) is 2.09. The van der Waals surface area contributed by atoms with Crippen LogP contribution in [0.15, 0.2) is 48.5 Å². The van der Waals surface area contributed by atoms with Gasteiger partial charge >= 0.3 is 0 Å². The quantitative estimate of drug-likeness (QED) is 0.799. The van der Waals surface area contributed by atoms with Crippen molar-refractivity contribution < 1.29 is 4.79 Å². The van der Waals surface area contributed by atoms with Crippen molar-refractivity contribution in [2.75, 3.05) is 5.32 Å². The van der Waals surface area contributed by atoms with Crippen molar-refractivity contribution in [3.05, 3.63) is 59.1 Å². The van der Waals surface area contributed by atoms with Gasteiger partial charge in [-0.05, 0) is 31.2 Å². The van der Waals surface area contributed by atoms with Gasteiger partial charge in [-0.15, -0.1) is 11.3 Å². The van der Waals surface area contributed by atoms with Gasteiger partial charge in [0.05, 0.1) is 16.3 Å². The summed E-state index contributed by atoms with van der Waals surface area (Å²) in [6.45, 7) is 1.98. The average Bonchev–Trinajstić information content (AvgIpc) is 2.94. The minimum atomic E-state index is -0.904. The molecule has 2 aromatic carbocycles. The molecule has 1 atom stereocenters. The van der Waals surface area contributed by atoms with E-state index in [1.165, 1.54) is 11.3 Å². The predicted octanol–water partition coefficient (Wildman–Crippen LogP) is 3.85. The zero-order chi connectivity index (χ0) is 15.5. The fourth-order valence-corrected chi connectivity index (χ4v) is 3.10. The maximum Gasteiger partial charge on any atom is 0.248 e. The van der Waals surface area contributed by atoms with Gasteiger partial charge in [0, 0.05) is 5.69 Å². The molecule has 22 heavy (non-hydrogen) atoms. The molecule has 0 fully saturated rings. The predicted molar refractivity (Wildman–Crippen MR) is 87.8 cm³/mol. The smallest absolute Gasteiger partial charge is 0.248 e. The maximum absolute atomic E-state index is 12.3. The van der Waals surface area contributed by atoms with Gasteiger partial charge in [-0.25, -0.2) is 4.98 Å². The number of hydrogen-bond acceptors (Lipinski definition) is 4. The summed E-state index contributed by atoms with van der Waals surface area (Å²) in [4.78, 5) is 16.7. The molecule has 0 radical (unpaired) electrons. The van der Waals surface area contributed by atoms with Crippen molar-refractivity contribution in [2.24, 2.45) is 0 Å². The summed E-state index contributed by atoms with van der Waals surface area (Å²) in [5.41, 5.74) is 2.60. The van der Waals surface area contributed by atoms with Crippen molar-refractivity contribution in [1.82, 2.24) is 4.98 Å². The summed E-state index contributed by atoms with van der Waals surface area (Å²) >= 11 is 1.38. The third-order valence-electron chi connectivity index (χ3n) is 3.27. The third kappa shape index (κ3) is 2.83. The van der Waals surface area contributed by atoms with Crippen molar-refractivity contribution in [2.45, 2.75) is 12.8 Å². The first-order valence-electron chi connectivity index (χ1n) is 6.80. The number of rotatable bonds is 3. The van der Waals surface area contributed by atoms with E-state index in [1.807, 2.05) is 61.5 Å². The van der Waals surface area contributed by atoms with E-state index in [1.54, 1.807) is 0 Å². The van der Waals surface area contributed by atoms with E-state index in [-0.39, 0.29) is 5.91 Å². The van der Waals surface area contributed by atoms with Gasteiger partial charge in [0.15, 0.2) is 5.92 Å². The first-order chi connectivity index (χ1) is 10.7. The second kappa shape index (κ2) is 5.96. The van der Waals surface area contributed by atoms with Gasteiger partial charge in [-0.2, -0.15) is 5.26 Å². The molecule has 0 spiro atoms. The molecule has 0 aliphatic carbocycles. The Kier molecular flexibility index (Phi) is 3.86. The number of carbonyl (C=O) groups excluding carboxylic acids is 1. The summed E-state index contributed by atoms with van der Waals surface area (Å²) < 4.78 is 0.973. The Morgan fingerprint density at radius 1 is 1.23 bits per heavy atom. The van der Waals surface area contributed by atoms with Crippen molar-refractivity contribution in [1.29, 1.82) is 5.26 Å². The third-order valence-corrected chi connectivity index (χ3v) is 4.37. The largest absolute Gasteiger partial charge is 0.325 e. The van der Waals surface area contributed by atoms with Crippen LogP contribution in [0.25, 0.3) is 10.2 Å². The molecule has 0 saturated carbocycles. The first kappa shape index (κ1) is 14.2. The molecule has 1 amide bonds. The SMILES string of the molecule is Cc1ccc(NC(=O)C(C#N)c2nc3ccccc3s2)cc1. The average molecular weight is 307 g/mol. The number of para-hydroxylation sites is 1. The molecule has 0 aliphatic heterocycles. The molecule has 0 bridgehead atoms. The molecule has 0 saturated heterocycles. The summed E-state index contributed by atoms with van der Waals surface area (Å²) in [7, 11) is 0. The molecule has 1 heterocycles. The van der Waals surface area contributed by atoms with Crippen LogP contribution >= 0.6 is 11.3 Å². The number of nitrogens with zero attached hydrogens (tertiary/aromatic N) is 2. The Bertz CT molecular complexity index is 828. The molecule has 108 valence electrons. The lowest BCUT2D eigenvalue weighted by Gasteiger charge is -2.08. The van der Waals surface area contributed by atoms with Crippen LogP contribution in [0, 0.1) is 18.3 Å². The van der Waals surface area contributed by atoms with Gasteiger partial charge < -0.3 is 5.32 Å². The van der Waals surface area contributed by atoms with Crippen LogP contribution in [0.3, 0.4) is 0 Å². The number of aryl methyl sites for hydroxylation is 1. The molecule has 4 nitrogen and oxygen atoms in total. The van der Waals surface area contributed by atoms with Crippen molar-refractivity contribution >= 4 is 33.1 Å². The number of nitrogens with one attached hydrogen (secondary N) is 1. The Morgan fingerprint density at radius 3 is 2.64 bits per heavy atom. The van der Waals surface area contributed by atoms with E-state index in [9.17, 15) is 10.1 Å². The number of hydrogen-bond donors (Lipinski definition) is 1. The standard InChI is InChI=1S/C17H13N3OS/c1-11-6-8-12(9-7-11)19-16(21)13(10-18)17-20-14-4-2-3-5-15(14)22-17/h2-9,13H,1H3,(H,19,21). The Morgan fingerprint density at radius 2 is 1.95 bits per heavy atom. The highest BCUT2D eigenvalue weighted by molar-refractivity contribution is 7.18. The monoisotopic (exact) mass is 307 g/mol. The van der Waals surface area contributed by atoms with E-state index in [0.29, 0.717) is 10.7 Å². The minimum Gasteiger partial charge on any atom is -0.325 e. The lowest BCUT2D eigenvalue weighted by atomic mass is 10.1. The minimum absolute atomic E-state index is 0.356. The Labute approximate surface area is 132 Å². The van der Waals surface area contributed by atoms with Gasteiger partial charge in [0.1, 0.15) is 5.01 Å². The van der Waals surface area contributed by atoms with Crippen LogP contribution in [0.4, 0.5) is 5.69 Å². The van der Waals surface area contributed by atoms with Crippen LogP contribution < -0.4 is 5.32 Å². The topological polar surface area (TPSA) is 65.8 Å². The number of aromatic nitrogens is 1. The lowest BCUT2D eigenvalue weighted by molar-refractivity contribution is -0.116. The van der Waals surface area contributed by atoms with Gasteiger partial charge in [0.2, 0.25) is 5.91 Å². The zero-order valence-corrected chi connectivity index (χ0v) is 12.7. The molecule has 1 unspecified atom stereocenters. The van der Waals surface area contributed by atoms with Crippen molar-refractivity contribution in [3.8, 4) is 6.07 Å². The highest BCUT2D eigenvalue weighted by atomic mass is 32.1. The van der Waals surface area contributed by atoms with Crippen LogP contribution in [-0.4, -0.2) is 10.9 Å². The molecule has 3 aromatic rings. The molecule has 1 N–H and O–H groups in total. The van der Waals surface area contributed by atoms with Crippen LogP contribution in [0.1, 0.15) is 16.5 Å². The number of thiazole rings is 1.